The van der Waals surface area contributed by atoms with Gasteiger partial charge in [0.1, 0.15) is 5.82 Å². The zero-order valence-corrected chi connectivity index (χ0v) is 9.67. The smallest absolute Gasteiger partial charge is 0.148 e. The number of rotatable bonds is 2. The van der Waals surface area contributed by atoms with Crippen molar-refractivity contribution in [3.8, 4) is 0 Å². The van der Waals surface area contributed by atoms with Crippen LogP contribution in [0, 0.1) is 11.7 Å². The second-order valence-electron chi connectivity index (χ2n) is 4.80. The van der Waals surface area contributed by atoms with E-state index in [1.165, 1.54) is 18.9 Å². The SMILES string of the molecule is CC1CCC(Nc2cccc(F)c2N)CC1. The lowest BCUT2D eigenvalue weighted by molar-refractivity contribution is 0.361. The first kappa shape index (κ1) is 11.2. The van der Waals surface area contributed by atoms with E-state index >= 15 is 0 Å². The summed E-state index contributed by atoms with van der Waals surface area (Å²) in [6.45, 7) is 2.28. The van der Waals surface area contributed by atoms with Crippen LogP contribution in [0.2, 0.25) is 0 Å². The highest BCUT2D eigenvalue weighted by atomic mass is 19.1. The van der Waals surface area contributed by atoms with Crippen LogP contribution in [0.3, 0.4) is 0 Å². The summed E-state index contributed by atoms with van der Waals surface area (Å²) in [5, 5.41) is 3.35. The summed E-state index contributed by atoms with van der Waals surface area (Å²) in [5.74, 6) is 0.483. The first-order valence-electron chi connectivity index (χ1n) is 5.97. The molecule has 0 radical (unpaired) electrons. The molecular formula is C13H19FN2. The number of nitrogen functional groups attached to an aromatic ring is 1. The summed E-state index contributed by atoms with van der Waals surface area (Å²) in [6.07, 6.45) is 4.79. The summed E-state index contributed by atoms with van der Waals surface area (Å²) in [4.78, 5) is 0. The molecule has 1 aliphatic rings. The highest BCUT2D eigenvalue weighted by Crippen LogP contribution is 2.28. The predicted molar refractivity (Wildman–Crippen MR) is 65.9 cm³/mol. The molecule has 3 heteroatoms. The number of para-hydroxylation sites is 1. The quantitative estimate of drug-likeness (QED) is 0.753. The Kier molecular flexibility index (Phi) is 3.32. The maximum Gasteiger partial charge on any atom is 0.148 e. The molecule has 0 amide bonds. The number of halogens is 1. The van der Waals surface area contributed by atoms with E-state index in [1.54, 1.807) is 6.07 Å². The van der Waals surface area contributed by atoms with Gasteiger partial charge in [0.25, 0.3) is 0 Å². The minimum atomic E-state index is -0.339. The van der Waals surface area contributed by atoms with Crippen LogP contribution < -0.4 is 11.1 Å². The summed E-state index contributed by atoms with van der Waals surface area (Å²) in [6, 6.07) is 5.37. The Morgan fingerprint density at radius 1 is 1.25 bits per heavy atom. The van der Waals surface area contributed by atoms with Gasteiger partial charge >= 0.3 is 0 Å². The Hall–Kier alpha value is -1.25. The Labute approximate surface area is 96.0 Å². The molecule has 0 unspecified atom stereocenters. The van der Waals surface area contributed by atoms with E-state index in [9.17, 15) is 4.39 Å². The molecule has 1 fully saturated rings. The van der Waals surface area contributed by atoms with Gasteiger partial charge in [0.05, 0.1) is 11.4 Å². The Morgan fingerprint density at radius 2 is 1.94 bits per heavy atom. The van der Waals surface area contributed by atoms with Gasteiger partial charge in [-0.3, -0.25) is 0 Å². The van der Waals surface area contributed by atoms with Gasteiger partial charge in [-0.2, -0.15) is 0 Å². The largest absolute Gasteiger partial charge is 0.395 e. The highest BCUT2D eigenvalue weighted by molar-refractivity contribution is 5.66. The fourth-order valence-corrected chi connectivity index (χ4v) is 2.29. The van der Waals surface area contributed by atoms with E-state index in [4.69, 9.17) is 5.73 Å². The Balaban J connectivity index is 2.01. The molecule has 88 valence electrons. The van der Waals surface area contributed by atoms with Crippen LogP contribution in [0.15, 0.2) is 18.2 Å². The van der Waals surface area contributed by atoms with Gasteiger partial charge < -0.3 is 11.1 Å². The molecule has 0 aliphatic heterocycles. The van der Waals surface area contributed by atoms with E-state index in [0.29, 0.717) is 6.04 Å². The second-order valence-corrected chi connectivity index (χ2v) is 4.80. The molecule has 1 saturated carbocycles. The van der Waals surface area contributed by atoms with Gasteiger partial charge in [0, 0.05) is 6.04 Å². The lowest BCUT2D eigenvalue weighted by Crippen LogP contribution is -2.25. The van der Waals surface area contributed by atoms with Crippen molar-refractivity contribution >= 4 is 11.4 Å². The van der Waals surface area contributed by atoms with Crippen LogP contribution >= 0.6 is 0 Å². The molecule has 16 heavy (non-hydrogen) atoms. The fraction of sp³-hybridized carbons (Fsp3) is 0.538. The van der Waals surface area contributed by atoms with Crippen molar-refractivity contribution in [2.75, 3.05) is 11.1 Å². The maximum absolute atomic E-state index is 13.2. The first-order valence-corrected chi connectivity index (χ1v) is 5.97. The molecule has 0 saturated heterocycles. The van der Waals surface area contributed by atoms with Crippen LogP contribution in [-0.2, 0) is 0 Å². The molecule has 2 nitrogen and oxygen atoms in total. The summed E-state index contributed by atoms with van der Waals surface area (Å²) in [7, 11) is 0. The van der Waals surface area contributed by atoms with E-state index in [0.717, 1.165) is 24.4 Å². The number of nitrogens with one attached hydrogen (secondary N) is 1. The number of anilines is 2. The van der Waals surface area contributed by atoms with Crippen LogP contribution in [0.1, 0.15) is 32.6 Å². The van der Waals surface area contributed by atoms with E-state index in [2.05, 4.69) is 12.2 Å². The van der Waals surface area contributed by atoms with Crippen molar-refractivity contribution in [2.24, 2.45) is 5.92 Å². The number of nitrogens with two attached hydrogens (primary N) is 1. The molecule has 0 atom stereocenters. The molecule has 0 aromatic heterocycles. The summed E-state index contributed by atoms with van der Waals surface area (Å²) >= 11 is 0. The third-order valence-electron chi connectivity index (χ3n) is 3.43. The van der Waals surface area contributed by atoms with Gasteiger partial charge in [-0.25, -0.2) is 4.39 Å². The maximum atomic E-state index is 13.2. The minimum absolute atomic E-state index is 0.237. The van der Waals surface area contributed by atoms with Gasteiger partial charge in [-0.05, 0) is 43.7 Å². The Morgan fingerprint density at radius 3 is 2.62 bits per heavy atom. The normalized spacial score (nSPS) is 25.4. The van der Waals surface area contributed by atoms with E-state index in [1.807, 2.05) is 6.07 Å². The molecule has 0 spiro atoms. The van der Waals surface area contributed by atoms with E-state index < -0.39 is 0 Å². The average Bonchev–Trinajstić information content (AvgIpc) is 2.28. The summed E-state index contributed by atoms with van der Waals surface area (Å²) in [5.41, 5.74) is 6.66. The molecule has 2 rings (SSSR count). The Bertz CT molecular complexity index is 357. The average molecular weight is 222 g/mol. The van der Waals surface area contributed by atoms with Gasteiger partial charge in [0.2, 0.25) is 0 Å². The summed E-state index contributed by atoms with van der Waals surface area (Å²) < 4.78 is 13.2. The van der Waals surface area contributed by atoms with Crippen LogP contribution in [-0.4, -0.2) is 6.04 Å². The highest BCUT2D eigenvalue weighted by Gasteiger charge is 2.18. The minimum Gasteiger partial charge on any atom is -0.395 e. The number of benzene rings is 1. The third kappa shape index (κ3) is 2.46. The molecular weight excluding hydrogens is 203 g/mol. The van der Waals surface area contributed by atoms with Crippen LogP contribution in [0.5, 0.6) is 0 Å². The predicted octanol–water partition coefficient (Wildman–Crippen LogP) is 3.40. The zero-order chi connectivity index (χ0) is 11.5. The number of hydrogen-bond donors (Lipinski definition) is 2. The van der Waals surface area contributed by atoms with Crippen LogP contribution in [0.25, 0.3) is 0 Å². The van der Waals surface area contributed by atoms with Crippen molar-refractivity contribution in [3.05, 3.63) is 24.0 Å². The van der Waals surface area contributed by atoms with Gasteiger partial charge in [-0.15, -0.1) is 0 Å². The molecule has 1 aromatic carbocycles. The molecule has 3 N–H and O–H groups in total. The van der Waals surface area contributed by atoms with Gasteiger partial charge in [0.15, 0.2) is 0 Å². The fourth-order valence-electron chi connectivity index (χ4n) is 2.29. The van der Waals surface area contributed by atoms with E-state index in [-0.39, 0.29) is 11.5 Å². The molecule has 0 heterocycles. The van der Waals surface area contributed by atoms with Crippen LogP contribution in [0.4, 0.5) is 15.8 Å². The topological polar surface area (TPSA) is 38.0 Å². The first-order chi connectivity index (χ1) is 7.66. The number of hydrogen-bond acceptors (Lipinski definition) is 2. The van der Waals surface area contributed by atoms with Gasteiger partial charge in [-0.1, -0.05) is 13.0 Å². The lowest BCUT2D eigenvalue weighted by atomic mass is 9.87. The molecule has 1 aromatic rings. The van der Waals surface area contributed by atoms with Crippen molar-refractivity contribution in [3.63, 3.8) is 0 Å². The van der Waals surface area contributed by atoms with Crippen molar-refractivity contribution in [1.82, 2.24) is 0 Å². The zero-order valence-electron chi connectivity index (χ0n) is 9.67. The van der Waals surface area contributed by atoms with Crippen molar-refractivity contribution in [1.29, 1.82) is 0 Å². The standard InChI is InChI=1S/C13H19FN2/c1-9-5-7-10(8-6-9)16-12-4-2-3-11(14)13(12)15/h2-4,9-10,16H,5-8,15H2,1H3. The lowest BCUT2D eigenvalue weighted by Gasteiger charge is -2.28. The third-order valence-corrected chi connectivity index (χ3v) is 3.43. The molecule has 0 bridgehead atoms. The second kappa shape index (κ2) is 4.73. The van der Waals surface area contributed by atoms with Crippen molar-refractivity contribution in [2.45, 2.75) is 38.6 Å². The van der Waals surface area contributed by atoms with Crippen molar-refractivity contribution < 1.29 is 4.39 Å². The monoisotopic (exact) mass is 222 g/mol. The molecule has 1 aliphatic carbocycles.